The molecule has 0 bridgehead atoms. The van der Waals surface area contributed by atoms with Crippen LogP contribution in [0, 0.1) is 4.77 Å². The lowest BCUT2D eigenvalue weighted by Gasteiger charge is -2.35. The monoisotopic (exact) mass is 407 g/mol. The molecule has 2 N–H and O–H groups in total. The van der Waals surface area contributed by atoms with Crippen molar-refractivity contribution in [2.45, 2.75) is 6.54 Å². The van der Waals surface area contributed by atoms with E-state index in [1.807, 2.05) is 36.4 Å². The number of nitrogens with one attached hydrogen (secondary N) is 2. The van der Waals surface area contributed by atoms with E-state index in [4.69, 9.17) is 12.2 Å². The molecule has 1 amide bonds. The lowest BCUT2D eigenvalue weighted by molar-refractivity contribution is 0.0944. The van der Waals surface area contributed by atoms with Crippen molar-refractivity contribution in [2.75, 3.05) is 38.1 Å². The maximum absolute atomic E-state index is 12.9. The summed E-state index contributed by atoms with van der Waals surface area (Å²) in [4.78, 5) is 20.7. The number of rotatable bonds is 5. The van der Waals surface area contributed by atoms with E-state index < -0.39 is 0 Å². The van der Waals surface area contributed by atoms with Crippen LogP contribution in [0.5, 0.6) is 0 Å². The molecule has 1 aromatic heterocycles. The molecule has 1 fully saturated rings. The van der Waals surface area contributed by atoms with Gasteiger partial charge in [-0.15, -0.1) is 0 Å². The first-order chi connectivity index (χ1) is 14.1. The predicted octanol–water partition coefficient (Wildman–Crippen LogP) is 3.22. The molecule has 150 valence electrons. The number of carbonyl (C=O) groups excluding carboxylic acids is 1. The normalized spacial score (nSPS) is 14.7. The van der Waals surface area contributed by atoms with E-state index in [9.17, 15) is 4.79 Å². The maximum Gasteiger partial charge on any atom is 0.270 e. The Morgan fingerprint density at radius 3 is 2.48 bits per heavy atom. The topological polar surface area (TPSA) is 56.3 Å². The summed E-state index contributed by atoms with van der Waals surface area (Å²) in [5.74, 6) is -0.158. The van der Waals surface area contributed by atoms with Gasteiger partial charge in [0.2, 0.25) is 0 Å². The molecule has 1 aliphatic heterocycles. The molecule has 0 atom stereocenters. The SMILES string of the molecule is CN1CCN(c2ccccc2CNC(=O)c2c[nH]c(=S)n2-c2ccccc2)CC1. The van der Waals surface area contributed by atoms with E-state index in [0.29, 0.717) is 17.0 Å². The average molecular weight is 408 g/mol. The van der Waals surface area contributed by atoms with Gasteiger partial charge in [-0.2, -0.15) is 0 Å². The third-order valence-corrected chi connectivity index (χ3v) is 5.60. The first-order valence-electron chi connectivity index (χ1n) is 9.79. The number of aromatic amines is 1. The zero-order valence-electron chi connectivity index (χ0n) is 16.5. The summed E-state index contributed by atoms with van der Waals surface area (Å²) < 4.78 is 2.26. The lowest BCUT2D eigenvalue weighted by Crippen LogP contribution is -2.45. The smallest absolute Gasteiger partial charge is 0.270 e. The number of amides is 1. The molecule has 29 heavy (non-hydrogen) atoms. The van der Waals surface area contributed by atoms with Crippen LogP contribution in [0.4, 0.5) is 5.69 Å². The van der Waals surface area contributed by atoms with Gasteiger partial charge < -0.3 is 20.1 Å². The molecule has 3 aromatic rings. The fourth-order valence-corrected chi connectivity index (χ4v) is 3.91. The second-order valence-electron chi connectivity index (χ2n) is 7.25. The summed E-state index contributed by atoms with van der Waals surface area (Å²) in [6.07, 6.45) is 1.66. The van der Waals surface area contributed by atoms with Gasteiger partial charge in [0.15, 0.2) is 4.77 Å². The van der Waals surface area contributed by atoms with Gasteiger partial charge in [-0.05, 0) is 43.0 Å². The lowest BCUT2D eigenvalue weighted by atomic mass is 10.1. The summed E-state index contributed by atoms with van der Waals surface area (Å²) in [5.41, 5.74) is 3.67. The quantitative estimate of drug-likeness (QED) is 0.638. The van der Waals surface area contributed by atoms with E-state index >= 15 is 0 Å². The van der Waals surface area contributed by atoms with Gasteiger partial charge in [0.25, 0.3) is 5.91 Å². The number of nitrogens with zero attached hydrogens (tertiary/aromatic N) is 3. The van der Waals surface area contributed by atoms with Crippen LogP contribution in [0.15, 0.2) is 60.8 Å². The highest BCUT2D eigenvalue weighted by Crippen LogP contribution is 2.22. The number of hydrogen-bond acceptors (Lipinski definition) is 4. The van der Waals surface area contributed by atoms with E-state index in [1.165, 1.54) is 5.69 Å². The standard InChI is InChI=1S/C22H25N5OS/c1-25-11-13-26(14-12-25)19-10-6-5-7-17(19)15-23-21(28)20-16-24-22(29)27(20)18-8-3-2-4-9-18/h2-10,16H,11-15H2,1H3,(H,23,28)(H,24,29). The number of H-pyrrole nitrogens is 1. The van der Waals surface area contributed by atoms with Crippen molar-refractivity contribution in [3.8, 4) is 5.69 Å². The van der Waals surface area contributed by atoms with Gasteiger partial charge in [-0.1, -0.05) is 36.4 Å². The van der Waals surface area contributed by atoms with E-state index in [1.54, 1.807) is 10.8 Å². The van der Waals surface area contributed by atoms with Crippen LogP contribution >= 0.6 is 12.2 Å². The molecule has 0 spiro atoms. The Morgan fingerprint density at radius 1 is 1.03 bits per heavy atom. The number of anilines is 1. The van der Waals surface area contributed by atoms with Gasteiger partial charge in [0.1, 0.15) is 5.69 Å². The Hall–Kier alpha value is -2.90. The Morgan fingerprint density at radius 2 is 1.72 bits per heavy atom. The molecule has 0 saturated carbocycles. The molecule has 0 aliphatic carbocycles. The zero-order chi connectivity index (χ0) is 20.2. The predicted molar refractivity (Wildman–Crippen MR) is 118 cm³/mol. The average Bonchev–Trinajstić information content (AvgIpc) is 3.15. The molecular weight excluding hydrogens is 382 g/mol. The fourth-order valence-electron chi connectivity index (χ4n) is 3.65. The summed E-state index contributed by atoms with van der Waals surface area (Å²) in [5, 5.41) is 3.06. The minimum absolute atomic E-state index is 0.158. The van der Waals surface area contributed by atoms with E-state index in [0.717, 1.165) is 37.4 Å². The van der Waals surface area contributed by atoms with Gasteiger partial charge in [-0.3, -0.25) is 9.36 Å². The van der Waals surface area contributed by atoms with Crippen molar-refractivity contribution in [1.82, 2.24) is 19.8 Å². The molecule has 0 unspecified atom stereocenters. The second kappa shape index (κ2) is 8.63. The van der Waals surface area contributed by atoms with Crippen molar-refractivity contribution in [2.24, 2.45) is 0 Å². The Balaban J connectivity index is 1.51. The minimum Gasteiger partial charge on any atom is -0.369 e. The van der Waals surface area contributed by atoms with Crippen LogP contribution in [0.2, 0.25) is 0 Å². The molecule has 6 nitrogen and oxygen atoms in total. The number of carbonyl (C=O) groups is 1. The summed E-state index contributed by atoms with van der Waals surface area (Å²) in [7, 11) is 2.15. The van der Waals surface area contributed by atoms with Crippen molar-refractivity contribution in [3.05, 3.63) is 76.8 Å². The van der Waals surface area contributed by atoms with Crippen molar-refractivity contribution in [3.63, 3.8) is 0 Å². The molecule has 4 rings (SSSR count). The van der Waals surface area contributed by atoms with Crippen LogP contribution < -0.4 is 10.2 Å². The summed E-state index contributed by atoms with van der Waals surface area (Å²) in [6.45, 7) is 4.54. The fraction of sp³-hybridized carbons (Fsp3) is 0.273. The highest BCUT2D eigenvalue weighted by atomic mass is 32.1. The number of hydrogen-bond donors (Lipinski definition) is 2. The van der Waals surface area contributed by atoms with Crippen molar-refractivity contribution in [1.29, 1.82) is 0 Å². The number of imidazole rings is 1. The minimum atomic E-state index is -0.158. The molecule has 1 saturated heterocycles. The molecule has 2 aromatic carbocycles. The Labute approximate surface area is 175 Å². The summed E-state index contributed by atoms with van der Waals surface area (Å²) >= 11 is 5.38. The third kappa shape index (κ3) is 4.26. The summed E-state index contributed by atoms with van der Waals surface area (Å²) in [6, 6.07) is 17.9. The number of para-hydroxylation sites is 2. The largest absolute Gasteiger partial charge is 0.369 e. The van der Waals surface area contributed by atoms with Crippen LogP contribution in [-0.2, 0) is 6.54 Å². The highest BCUT2D eigenvalue weighted by Gasteiger charge is 2.18. The maximum atomic E-state index is 12.9. The zero-order valence-corrected chi connectivity index (χ0v) is 17.3. The van der Waals surface area contributed by atoms with Crippen LogP contribution in [-0.4, -0.2) is 53.6 Å². The molecule has 0 radical (unpaired) electrons. The second-order valence-corrected chi connectivity index (χ2v) is 7.64. The number of piperazine rings is 1. The van der Waals surface area contributed by atoms with Crippen molar-refractivity contribution >= 4 is 23.8 Å². The number of benzene rings is 2. The number of likely N-dealkylation sites (N-methyl/N-ethyl adjacent to an activating group) is 1. The van der Waals surface area contributed by atoms with Gasteiger partial charge >= 0.3 is 0 Å². The van der Waals surface area contributed by atoms with Gasteiger partial charge in [-0.25, -0.2) is 0 Å². The molecule has 7 heteroatoms. The van der Waals surface area contributed by atoms with Crippen LogP contribution in [0.3, 0.4) is 0 Å². The molecular formula is C22H25N5OS. The highest BCUT2D eigenvalue weighted by molar-refractivity contribution is 7.71. The Bertz CT molecular complexity index is 1030. The number of aromatic nitrogens is 2. The Kier molecular flexibility index (Phi) is 5.78. The van der Waals surface area contributed by atoms with E-state index in [-0.39, 0.29) is 5.91 Å². The molecule has 1 aliphatic rings. The van der Waals surface area contributed by atoms with Crippen LogP contribution in [0.25, 0.3) is 5.69 Å². The first-order valence-corrected chi connectivity index (χ1v) is 10.2. The van der Waals surface area contributed by atoms with E-state index in [2.05, 4.69) is 45.3 Å². The van der Waals surface area contributed by atoms with Gasteiger partial charge in [0, 0.05) is 50.3 Å². The van der Waals surface area contributed by atoms with Crippen molar-refractivity contribution < 1.29 is 4.79 Å². The van der Waals surface area contributed by atoms with Gasteiger partial charge in [0.05, 0.1) is 0 Å². The first kappa shape index (κ1) is 19.4. The third-order valence-electron chi connectivity index (χ3n) is 5.30. The van der Waals surface area contributed by atoms with Crippen LogP contribution in [0.1, 0.15) is 16.1 Å². The molecule has 2 heterocycles.